The lowest BCUT2D eigenvalue weighted by Gasteiger charge is -2.10. The van der Waals surface area contributed by atoms with E-state index in [-0.39, 0.29) is 5.88 Å². The van der Waals surface area contributed by atoms with Crippen LogP contribution in [0, 0.1) is 6.92 Å². The van der Waals surface area contributed by atoms with Crippen molar-refractivity contribution >= 4 is 5.82 Å². The molecule has 1 N–H and O–H groups in total. The number of alkyl halides is 3. The Kier molecular flexibility index (Phi) is 4.56. The highest BCUT2D eigenvalue weighted by Gasteiger charge is 2.28. The fourth-order valence-electron chi connectivity index (χ4n) is 1.48. The zero-order valence-corrected chi connectivity index (χ0v) is 11.2. The smallest absolute Gasteiger partial charge is 0.422 e. The zero-order valence-electron chi connectivity index (χ0n) is 11.2. The van der Waals surface area contributed by atoms with Crippen LogP contribution in [0.3, 0.4) is 0 Å². The van der Waals surface area contributed by atoms with Crippen LogP contribution in [-0.4, -0.2) is 28.0 Å². The van der Waals surface area contributed by atoms with Crippen molar-refractivity contribution in [3.8, 4) is 5.88 Å². The molecule has 2 rings (SSSR count). The molecule has 0 atom stereocenters. The van der Waals surface area contributed by atoms with Crippen molar-refractivity contribution in [2.24, 2.45) is 0 Å². The quantitative estimate of drug-likeness (QED) is 0.919. The van der Waals surface area contributed by atoms with Crippen LogP contribution >= 0.6 is 0 Å². The monoisotopic (exact) mass is 298 g/mol. The predicted octanol–water partition coefficient (Wildman–Crippen LogP) is 2.73. The molecule has 0 bridgehead atoms. The Morgan fingerprint density at radius 2 is 2.00 bits per heavy atom. The van der Waals surface area contributed by atoms with E-state index < -0.39 is 12.8 Å². The van der Waals surface area contributed by atoms with Gasteiger partial charge in [-0.15, -0.1) is 5.10 Å². The third-order valence-corrected chi connectivity index (χ3v) is 2.45. The number of halogens is 3. The van der Waals surface area contributed by atoms with Crippen LogP contribution in [0.2, 0.25) is 0 Å². The van der Waals surface area contributed by atoms with E-state index in [1.165, 1.54) is 12.3 Å². The van der Waals surface area contributed by atoms with E-state index in [0.29, 0.717) is 12.4 Å². The Labute approximate surface area is 119 Å². The van der Waals surface area contributed by atoms with Crippen molar-refractivity contribution < 1.29 is 17.9 Å². The molecule has 8 heteroatoms. The van der Waals surface area contributed by atoms with Crippen molar-refractivity contribution in [3.63, 3.8) is 0 Å². The molecule has 0 spiro atoms. The van der Waals surface area contributed by atoms with E-state index in [2.05, 4.69) is 25.2 Å². The molecule has 2 aromatic rings. The number of ether oxygens (including phenoxy) is 1. The summed E-state index contributed by atoms with van der Waals surface area (Å²) in [4.78, 5) is 3.73. The largest absolute Gasteiger partial charge is 0.468 e. The van der Waals surface area contributed by atoms with E-state index in [0.717, 1.165) is 11.3 Å². The topological polar surface area (TPSA) is 59.9 Å². The first-order valence-electron chi connectivity index (χ1n) is 6.11. The Hall–Kier alpha value is -2.38. The van der Waals surface area contributed by atoms with Gasteiger partial charge in [0.05, 0.1) is 5.69 Å². The second-order valence-electron chi connectivity index (χ2n) is 4.32. The Balaban J connectivity index is 1.93. The van der Waals surface area contributed by atoms with Crippen molar-refractivity contribution in [1.82, 2.24) is 15.2 Å². The van der Waals surface area contributed by atoms with Crippen molar-refractivity contribution in [3.05, 3.63) is 41.7 Å². The summed E-state index contributed by atoms with van der Waals surface area (Å²) in [6.45, 7) is 0.840. The normalized spacial score (nSPS) is 11.2. The molecule has 21 heavy (non-hydrogen) atoms. The van der Waals surface area contributed by atoms with Crippen LogP contribution < -0.4 is 10.1 Å². The highest BCUT2D eigenvalue weighted by atomic mass is 19.4. The van der Waals surface area contributed by atoms with Crippen molar-refractivity contribution in [2.45, 2.75) is 19.6 Å². The van der Waals surface area contributed by atoms with Gasteiger partial charge in [-0.3, -0.25) is 0 Å². The maximum atomic E-state index is 12.1. The van der Waals surface area contributed by atoms with Gasteiger partial charge in [0.15, 0.2) is 6.61 Å². The molecule has 0 aliphatic rings. The molecule has 0 saturated heterocycles. The van der Waals surface area contributed by atoms with Crippen LogP contribution in [0.25, 0.3) is 0 Å². The fraction of sp³-hybridized carbons (Fsp3) is 0.308. The van der Waals surface area contributed by atoms with E-state index >= 15 is 0 Å². The number of aryl methyl sites for hydroxylation is 1. The van der Waals surface area contributed by atoms with Crippen LogP contribution in [0.4, 0.5) is 19.0 Å². The summed E-state index contributed by atoms with van der Waals surface area (Å²) in [6, 6.07) is 6.69. The lowest BCUT2D eigenvalue weighted by Crippen LogP contribution is -2.19. The average molecular weight is 298 g/mol. The van der Waals surface area contributed by atoms with Gasteiger partial charge in [0.2, 0.25) is 5.88 Å². The van der Waals surface area contributed by atoms with Gasteiger partial charge in [0, 0.05) is 18.8 Å². The molecular formula is C13H13F3N4O. The van der Waals surface area contributed by atoms with E-state index in [9.17, 15) is 13.2 Å². The molecular weight excluding hydrogens is 285 g/mol. The van der Waals surface area contributed by atoms with Gasteiger partial charge in [-0.1, -0.05) is 0 Å². The number of hydrogen-bond donors (Lipinski definition) is 1. The van der Waals surface area contributed by atoms with Crippen LogP contribution in [0.5, 0.6) is 5.88 Å². The number of hydrogen-bond acceptors (Lipinski definition) is 5. The lowest BCUT2D eigenvalue weighted by atomic mass is 10.2. The maximum absolute atomic E-state index is 12.1. The van der Waals surface area contributed by atoms with Gasteiger partial charge in [0.1, 0.15) is 5.82 Å². The molecule has 0 unspecified atom stereocenters. The Bertz CT molecular complexity index is 587. The van der Waals surface area contributed by atoms with E-state index in [1.54, 1.807) is 18.2 Å². The predicted molar refractivity (Wildman–Crippen MR) is 69.9 cm³/mol. The summed E-state index contributed by atoms with van der Waals surface area (Å²) in [6.07, 6.45) is -2.99. The third kappa shape index (κ3) is 5.25. The van der Waals surface area contributed by atoms with Gasteiger partial charge in [-0.25, -0.2) is 4.98 Å². The SMILES string of the molecule is Cc1ccc(NCc2ccnc(OCC(F)(F)F)c2)nn1. The van der Waals surface area contributed by atoms with Gasteiger partial charge >= 0.3 is 6.18 Å². The number of anilines is 1. The second kappa shape index (κ2) is 6.38. The standard InChI is InChI=1S/C13H13F3N4O/c1-9-2-3-11(20-19-9)18-7-10-4-5-17-12(6-10)21-8-13(14,15)16/h2-6H,7-8H2,1H3,(H,18,20). The van der Waals surface area contributed by atoms with Gasteiger partial charge in [-0.05, 0) is 30.7 Å². The highest BCUT2D eigenvalue weighted by Crippen LogP contribution is 2.17. The first kappa shape index (κ1) is 15.0. The molecule has 0 radical (unpaired) electrons. The van der Waals surface area contributed by atoms with Crippen LogP contribution in [-0.2, 0) is 6.54 Å². The second-order valence-corrected chi connectivity index (χ2v) is 4.32. The lowest BCUT2D eigenvalue weighted by molar-refractivity contribution is -0.154. The molecule has 2 aromatic heterocycles. The Morgan fingerprint density at radius 1 is 1.19 bits per heavy atom. The number of nitrogens with zero attached hydrogens (tertiary/aromatic N) is 3. The molecule has 0 fully saturated rings. The zero-order chi connectivity index (χ0) is 15.3. The van der Waals surface area contributed by atoms with Crippen LogP contribution in [0.1, 0.15) is 11.3 Å². The first-order valence-corrected chi connectivity index (χ1v) is 6.11. The highest BCUT2D eigenvalue weighted by molar-refractivity contribution is 5.34. The first-order chi connectivity index (χ1) is 9.92. The number of pyridine rings is 1. The number of rotatable bonds is 5. The average Bonchev–Trinajstić information content (AvgIpc) is 2.44. The summed E-state index contributed by atoms with van der Waals surface area (Å²) in [5.74, 6) is 0.511. The van der Waals surface area contributed by atoms with Gasteiger partial charge < -0.3 is 10.1 Å². The minimum absolute atomic E-state index is 0.0679. The molecule has 0 aromatic carbocycles. The summed E-state index contributed by atoms with van der Waals surface area (Å²) in [7, 11) is 0. The molecule has 0 saturated carbocycles. The summed E-state index contributed by atoms with van der Waals surface area (Å²) >= 11 is 0. The van der Waals surface area contributed by atoms with Gasteiger partial charge in [0.25, 0.3) is 0 Å². The number of nitrogens with one attached hydrogen (secondary N) is 1. The minimum atomic E-state index is -4.38. The summed E-state index contributed by atoms with van der Waals surface area (Å²) in [5, 5.41) is 10.8. The van der Waals surface area contributed by atoms with Crippen molar-refractivity contribution in [2.75, 3.05) is 11.9 Å². The molecule has 2 heterocycles. The fourth-order valence-corrected chi connectivity index (χ4v) is 1.48. The molecule has 0 aliphatic carbocycles. The van der Waals surface area contributed by atoms with E-state index in [4.69, 9.17) is 0 Å². The van der Waals surface area contributed by atoms with E-state index in [1.807, 2.05) is 6.92 Å². The Morgan fingerprint density at radius 3 is 2.67 bits per heavy atom. The molecule has 0 amide bonds. The third-order valence-electron chi connectivity index (χ3n) is 2.45. The molecule has 5 nitrogen and oxygen atoms in total. The molecule has 112 valence electrons. The summed E-state index contributed by atoms with van der Waals surface area (Å²) in [5.41, 5.74) is 1.52. The van der Waals surface area contributed by atoms with Crippen LogP contribution in [0.15, 0.2) is 30.5 Å². The summed E-state index contributed by atoms with van der Waals surface area (Å²) < 4.78 is 40.8. The minimum Gasteiger partial charge on any atom is -0.468 e. The van der Waals surface area contributed by atoms with Crippen molar-refractivity contribution in [1.29, 1.82) is 0 Å². The maximum Gasteiger partial charge on any atom is 0.422 e. The van der Waals surface area contributed by atoms with Gasteiger partial charge in [-0.2, -0.15) is 18.3 Å². The molecule has 0 aliphatic heterocycles. The number of aromatic nitrogens is 3.